The molecule has 8 nitrogen and oxygen atoms in total. The van der Waals surface area contributed by atoms with Gasteiger partial charge in [0.1, 0.15) is 12.1 Å². The third kappa shape index (κ3) is 13.0. The number of carbonyl (C=O) groups excluding carboxylic acids is 3. The molecular weight excluding hydrogens is 488 g/mol. The highest BCUT2D eigenvalue weighted by atomic mass is 32.2. The number of amides is 2. The zero-order valence-electron chi connectivity index (χ0n) is 23.0. The second kappa shape index (κ2) is 19.6. The fourth-order valence-electron chi connectivity index (χ4n) is 3.84. The minimum absolute atomic E-state index is 0.0837. The van der Waals surface area contributed by atoms with Crippen molar-refractivity contribution in [2.24, 2.45) is 0 Å². The Balaban J connectivity index is 0.000000364. The molecular formula is C28H46N4O4S. The van der Waals surface area contributed by atoms with Gasteiger partial charge in [-0.25, -0.2) is 4.79 Å². The van der Waals surface area contributed by atoms with E-state index in [2.05, 4.69) is 70.3 Å². The number of benzene rings is 1. The molecule has 0 aromatic heterocycles. The summed E-state index contributed by atoms with van der Waals surface area (Å²) in [6, 6.07) is 8.04. The van der Waals surface area contributed by atoms with Crippen molar-refractivity contribution in [2.45, 2.75) is 71.0 Å². The van der Waals surface area contributed by atoms with Crippen LogP contribution in [0.2, 0.25) is 0 Å². The lowest BCUT2D eigenvalue weighted by Gasteiger charge is -2.28. The predicted molar refractivity (Wildman–Crippen MR) is 152 cm³/mol. The second-order valence-electron chi connectivity index (χ2n) is 9.07. The van der Waals surface area contributed by atoms with Crippen molar-refractivity contribution >= 4 is 30.0 Å². The molecule has 0 bridgehead atoms. The van der Waals surface area contributed by atoms with Gasteiger partial charge in [0.2, 0.25) is 12.3 Å². The van der Waals surface area contributed by atoms with E-state index in [1.54, 1.807) is 11.8 Å². The molecule has 208 valence electrons. The summed E-state index contributed by atoms with van der Waals surface area (Å²) in [4.78, 5) is 35.4. The average molecular weight is 535 g/mol. The smallest absolute Gasteiger partial charge is 0.328 e. The number of rotatable bonds is 11. The molecule has 0 unspecified atom stereocenters. The minimum atomic E-state index is -0.500. The van der Waals surface area contributed by atoms with Crippen LogP contribution in [0, 0.1) is 0 Å². The first-order chi connectivity index (χ1) is 17.9. The van der Waals surface area contributed by atoms with Gasteiger partial charge in [0, 0.05) is 31.9 Å². The maximum atomic E-state index is 12.0. The van der Waals surface area contributed by atoms with Gasteiger partial charge in [-0.15, -0.1) is 0 Å². The van der Waals surface area contributed by atoms with Crippen molar-refractivity contribution in [2.75, 3.05) is 38.8 Å². The number of hydrogen-bond acceptors (Lipinski definition) is 7. The molecule has 1 aromatic rings. The molecule has 0 spiro atoms. The molecule has 9 heteroatoms. The Morgan fingerprint density at radius 3 is 2.51 bits per heavy atom. The van der Waals surface area contributed by atoms with Gasteiger partial charge >= 0.3 is 5.97 Å². The van der Waals surface area contributed by atoms with Crippen LogP contribution in [0.4, 0.5) is 0 Å². The highest BCUT2D eigenvalue weighted by Gasteiger charge is 2.24. The van der Waals surface area contributed by atoms with E-state index in [1.165, 1.54) is 31.1 Å². The number of fused-ring (bicyclic) bond motifs is 1. The van der Waals surface area contributed by atoms with Crippen molar-refractivity contribution in [1.82, 2.24) is 20.9 Å². The first-order valence-corrected chi connectivity index (χ1v) is 14.6. The number of methoxy groups -OCH3 is 1. The molecule has 3 rings (SSSR count). The fraction of sp³-hybridized carbons (Fsp3) is 0.607. The molecule has 2 aliphatic heterocycles. The molecule has 37 heavy (non-hydrogen) atoms. The predicted octanol–water partition coefficient (Wildman–Crippen LogP) is 3.26. The van der Waals surface area contributed by atoms with Gasteiger partial charge in [0.25, 0.3) is 0 Å². The van der Waals surface area contributed by atoms with E-state index in [-0.39, 0.29) is 11.9 Å². The van der Waals surface area contributed by atoms with Crippen LogP contribution in [0.1, 0.15) is 57.1 Å². The molecule has 2 atom stereocenters. The van der Waals surface area contributed by atoms with E-state index >= 15 is 0 Å². The molecule has 1 fully saturated rings. The number of nitrogens with one attached hydrogen (secondary N) is 3. The molecule has 0 saturated carbocycles. The van der Waals surface area contributed by atoms with E-state index in [0.717, 1.165) is 50.3 Å². The van der Waals surface area contributed by atoms with Gasteiger partial charge in [-0.2, -0.15) is 11.8 Å². The first-order valence-electron chi connectivity index (χ1n) is 13.2. The molecule has 2 heterocycles. The molecule has 0 aliphatic carbocycles. The monoisotopic (exact) mass is 534 g/mol. The van der Waals surface area contributed by atoms with Crippen molar-refractivity contribution in [3.05, 3.63) is 47.7 Å². The van der Waals surface area contributed by atoms with Crippen molar-refractivity contribution in [1.29, 1.82) is 0 Å². The quantitative estimate of drug-likeness (QED) is 0.296. The Morgan fingerprint density at radius 1 is 1.24 bits per heavy atom. The van der Waals surface area contributed by atoms with E-state index in [9.17, 15) is 14.4 Å². The van der Waals surface area contributed by atoms with E-state index in [0.29, 0.717) is 19.4 Å². The van der Waals surface area contributed by atoms with E-state index in [1.807, 2.05) is 6.26 Å². The Labute approximate surface area is 227 Å². The molecule has 3 N–H and O–H groups in total. The fourth-order valence-corrected chi connectivity index (χ4v) is 4.31. The van der Waals surface area contributed by atoms with Gasteiger partial charge in [-0.1, -0.05) is 57.5 Å². The van der Waals surface area contributed by atoms with Gasteiger partial charge in [0.15, 0.2) is 0 Å². The number of allylic oxidation sites excluding steroid dienone is 1. The number of carbonyl (C=O) groups is 3. The Hall–Kier alpha value is -2.52. The molecule has 1 aromatic carbocycles. The van der Waals surface area contributed by atoms with Crippen molar-refractivity contribution in [3.8, 4) is 0 Å². The van der Waals surface area contributed by atoms with Crippen LogP contribution in [0.5, 0.6) is 0 Å². The van der Waals surface area contributed by atoms with Crippen LogP contribution in [-0.2, 0) is 32.1 Å². The van der Waals surface area contributed by atoms with Crippen LogP contribution in [0.15, 0.2) is 36.5 Å². The normalized spacial score (nSPS) is 17.0. The zero-order valence-corrected chi connectivity index (χ0v) is 23.8. The van der Waals surface area contributed by atoms with E-state index in [4.69, 9.17) is 0 Å². The van der Waals surface area contributed by atoms with Gasteiger partial charge in [-0.3, -0.25) is 14.5 Å². The molecule has 2 aliphatic rings. The Kier molecular flexibility index (Phi) is 17.2. The number of hydrogen-bond donors (Lipinski definition) is 3. The summed E-state index contributed by atoms with van der Waals surface area (Å²) in [5.41, 5.74) is 3.86. The summed E-state index contributed by atoms with van der Waals surface area (Å²) < 4.78 is 4.49. The van der Waals surface area contributed by atoms with Crippen LogP contribution < -0.4 is 16.0 Å². The third-order valence-electron chi connectivity index (χ3n) is 6.23. The summed E-state index contributed by atoms with van der Waals surface area (Å²) in [5, 5.41) is 8.57. The van der Waals surface area contributed by atoms with Gasteiger partial charge < -0.3 is 20.7 Å². The average Bonchev–Trinajstić information content (AvgIpc) is 3.37. The van der Waals surface area contributed by atoms with Crippen molar-refractivity contribution < 1.29 is 19.1 Å². The summed E-state index contributed by atoms with van der Waals surface area (Å²) >= 11 is 1.62. The molecule has 2 amide bonds. The van der Waals surface area contributed by atoms with Gasteiger partial charge in [0.05, 0.1) is 7.11 Å². The molecule has 0 radical (unpaired) electrons. The largest absolute Gasteiger partial charge is 0.467 e. The summed E-state index contributed by atoms with van der Waals surface area (Å²) in [6.45, 7) is 11.9. The number of nitrogens with zero attached hydrogens (tertiary/aromatic N) is 1. The van der Waals surface area contributed by atoms with E-state index < -0.39 is 12.0 Å². The Bertz CT molecular complexity index is 834. The number of esters is 1. The van der Waals surface area contributed by atoms with Crippen molar-refractivity contribution in [3.63, 3.8) is 0 Å². The van der Waals surface area contributed by atoms with Crippen LogP contribution in [-0.4, -0.2) is 74.0 Å². The Morgan fingerprint density at radius 2 is 1.95 bits per heavy atom. The van der Waals surface area contributed by atoms with Crippen LogP contribution in [0.25, 0.3) is 0 Å². The number of thioether (sulfide) groups is 1. The topological polar surface area (TPSA) is 99.8 Å². The number of unbranched alkanes of at least 4 members (excludes halogenated alkanes) is 1. The van der Waals surface area contributed by atoms with Gasteiger partial charge in [-0.05, 0) is 48.8 Å². The SMILES string of the molecule is C=C1CC[C@@H](C(=O)NCCN2CCc3ccccc3C2)N1.CCCC.COC(=O)[C@H](CCSC)NC=O. The summed E-state index contributed by atoms with van der Waals surface area (Å²) in [5.74, 6) is 0.530. The minimum Gasteiger partial charge on any atom is -0.467 e. The highest BCUT2D eigenvalue weighted by Crippen LogP contribution is 2.18. The zero-order chi connectivity index (χ0) is 27.5. The maximum Gasteiger partial charge on any atom is 0.328 e. The first kappa shape index (κ1) is 32.5. The number of ether oxygens (including phenoxy) is 1. The van der Waals surface area contributed by atoms with Crippen LogP contribution >= 0.6 is 11.8 Å². The maximum absolute atomic E-state index is 12.0. The lowest BCUT2D eigenvalue weighted by atomic mass is 10.00. The second-order valence-corrected chi connectivity index (χ2v) is 10.1. The highest BCUT2D eigenvalue weighted by molar-refractivity contribution is 7.98. The lowest BCUT2D eigenvalue weighted by molar-refractivity contribution is -0.144. The third-order valence-corrected chi connectivity index (χ3v) is 6.88. The van der Waals surface area contributed by atoms with Crippen LogP contribution in [0.3, 0.4) is 0 Å². The standard InChI is InChI=1S/C17H23N3O.C7H13NO3S.C4H10/c1-13-6-7-16(19-13)17(21)18-9-11-20-10-8-14-4-2-3-5-15(14)12-20;1-11-7(10)6(8-5-9)3-4-12-2;1-3-4-2/h2-5,16,19H,1,6-12H2,(H,18,21);5-6H,3-4H2,1-2H3,(H,8,9);3-4H2,1-2H3/t16-;6-;/m00./s1. The lowest BCUT2D eigenvalue weighted by Crippen LogP contribution is -2.43. The molecule has 1 saturated heterocycles. The summed E-state index contributed by atoms with van der Waals surface area (Å²) in [7, 11) is 1.31. The summed E-state index contributed by atoms with van der Waals surface area (Å²) in [6.07, 6.45) is 8.57.